The number of benzene rings is 1. The normalized spacial score (nSPS) is 11.9. The Balaban J connectivity index is 1.97. The van der Waals surface area contributed by atoms with Crippen molar-refractivity contribution in [1.82, 2.24) is 19.9 Å². The monoisotopic (exact) mass is 321 g/mol. The Kier molecular flexibility index (Phi) is 4.29. The minimum Gasteiger partial charge on any atom is -0.383 e. The van der Waals surface area contributed by atoms with Gasteiger partial charge in [-0.25, -0.2) is 9.97 Å². The number of rotatable bonds is 4. The summed E-state index contributed by atoms with van der Waals surface area (Å²) in [6.07, 6.45) is 5.12. The van der Waals surface area contributed by atoms with Crippen LogP contribution >= 0.6 is 0 Å². The Morgan fingerprint density at radius 2 is 1.92 bits per heavy atom. The Labute approximate surface area is 140 Å². The van der Waals surface area contributed by atoms with Crippen molar-refractivity contribution in [1.29, 1.82) is 0 Å². The fourth-order valence-corrected chi connectivity index (χ4v) is 2.53. The molecule has 0 bridgehead atoms. The lowest BCUT2D eigenvalue weighted by Crippen LogP contribution is -2.31. The highest BCUT2D eigenvalue weighted by Gasteiger charge is 2.22. The van der Waals surface area contributed by atoms with Crippen molar-refractivity contribution in [3.05, 3.63) is 77.5 Å². The zero-order chi connectivity index (χ0) is 17.1. The van der Waals surface area contributed by atoms with Crippen molar-refractivity contribution in [3.63, 3.8) is 0 Å². The van der Waals surface area contributed by atoms with E-state index in [-0.39, 0.29) is 17.8 Å². The number of hydrogen-bond donors (Lipinski definition) is 2. The van der Waals surface area contributed by atoms with Crippen LogP contribution in [0.3, 0.4) is 0 Å². The lowest BCUT2D eigenvalue weighted by Gasteiger charge is -2.19. The van der Waals surface area contributed by atoms with E-state index in [0.29, 0.717) is 5.56 Å². The second-order valence-corrected chi connectivity index (χ2v) is 5.65. The Hall–Kier alpha value is -3.15. The molecule has 1 amide bonds. The van der Waals surface area contributed by atoms with Crippen LogP contribution in [0.4, 0.5) is 5.82 Å². The summed E-state index contributed by atoms with van der Waals surface area (Å²) >= 11 is 0. The van der Waals surface area contributed by atoms with Crippen molar-refractivity contribution < 1.29 is 4.79 Å². The molecule has 3 aromatic rings. The average Bonchev–Trinajstić information content (AvgIpc) is 2.99. The number of anilines is 1. The topological polar surface area (TPSA) is 85.8 Å². The number of pyridine rings is 1. The average molecular weight is 321 g/mol. The molecule has 0 saturated carbocycles. The third-order valence-electron chi connectivity index (χ3n) is 3.89. The number of nitrogens with two attached hydrogens (primary N) is 1. The summed E-state index contributed by atoms with van der Waals surface area (Å²) < 4.78 is 1.89. The number of nitrogens with zero attached hydrogens (tertiary/aromatic N) is 3. The number of nitrogen functional groups attached to an aromatic ring is 1. The fraction of sp³-hybridized carbons (Fsp3) is 0.167. The first kappa shape index (κ1) is 15.7. The van der Waals surface area contributed by atoms with Gasteiger partial charge in [-0.3, -0.25) is 4.79 Å². The van der Waals surface area contributed by atoms with E-state index in [2.05, 4.69) is 15.3 Å². The number of hydrogen-bond acceptors (Lipinski definition) is 4. The third-order valence-corrected chi connectivity index (χ3v) is 3.89. The molecular formula is C18H19N5O. The largest absolute Gasteiger partial charge is 0.383 e. The van der Waals surface area contributed by atoms with Gasteiger partial charge in [0.25, 0.3) is 5.91 Å². The molecule has 2 heterocycles. The molecule has 1 atom stereocenters. The van der Waals surface area contributed by atoms with Crippen molar-refractivity contribution in [2.24, 2.45) is 7.05 Å². The number of amides is 1. The van der Waals surface area contributed by atoms with Crippen LogP contribution in [0.25, 0.3) is 0 Å². The zero-order valence-corrected chi connectivity index (χ0v) is 13.6. The summed E-state index contributed by atoms with van der Waals surface area (Å²) in [5.74, 6) is 0.668. The highest BCUT2D eigenvalue weighted by atomic mass is 16.1. The van der Waals surface area contributed by atoms with Crippen LogP contribution in [-0.2, 0) is 7.05 Å². The predicted molar refractivity (Wildman–Crippen MR) is 92.3 cm³/mol. The molecule has 1 unspecified atom stereocenters. The van der Waals surface area contributed by atoms with Gasteiger partial charge in [-0.05, 0) is 24.6 Å². The Morgan fingerprint density at radius 1 is 1.17 bits per heavy atom. The van der Waals surface area contributed by atoms with E-state index in [0.717, 1.165) is 17.0 Å². The van der Waals surface area contributed by atoms with Crippen molar-refractivity contribution in [3.8, 4) is 0 Å². The summed E-state index contributed by atoms with van der Waals surface area (Å²) in [5, 5.41) is 3.01. The van der Waals surface area contributed by atoms with Crippen LogP contribution in [0.5, 0.6) is 0 Å². The predicted octanol–water partition coefficient (Wildman–Crippen LogP) is 2.23. The number of carbonyl (C=O) groups excluding carboxylic acids is 1. The maximum atomic E-state index is 12.7. The smallest absolute Gasteiger partial charge is 0.255 e. The fourth-order valence-electron chi connectivity index (χ4n) is 2.53. The molecule has 0 aliphatic heterocycles. The number of carbonyl (C=O) groups is 1. The highest BCUT2D eigenvalue weighted by Crippen LogP contribution is 2.22. The highest BCUT2D eigenvalue weighted by molar-refractivity contribution is 5.98. The van der Waals surface area contributed by atoms with Gasteiger partial charge in [0.05, 0.1) is 5.56 Å². The van der Waals surface area contributed by atoms with Crippen molar-refractivity contribution in [2.75, 3.05) is 5.73 Å². The van der Waals surface area contributed by atoms with E-state index in [1.54, 1.807) is 24.5 Å². The summed E-state index contributed by atoms with van der Waals surface area (Å²) in [6, 6.07) is 11.0. The van der Waals surface area contributed by atoms with Gasteiger partial charge in [-0.15, -0.1) is 0 Å². The van der Waals surface area contributed by atoms with Crippen LogP contribution in [0.2, 0.25) is 0 Å². The van der Waals surface area contributed by atoms with E-state index < -0.39 is 0 Å². The number of aryl methyl sites for hydroxylation is 2. The molecule has 122 valence electrons. The number of imidazole rings is 1. The summed E-state index contributed by atoms with van der Waals surface area (Å²) in [4.78, 5) is 21.0. The molecule has 0 spiro atoms. The summed E-state index contributed by atoms with van der Waals surface area (Å²) in [5.41, 5.74) is 8.26. The minimum absolute atomic E-state index is 0.206. The van der Waals surface area contributed by atoms with Crippen LogP contribution in [0.15, 0.2) is 55.0 Å². The molecule has 2 aromatic heterocycles. The van der Waals surface area contributed by atoms with Crippen LogP contribution in [-0.4, -0.2) is 20.4 Å². The third kappa shape index (κ3) is 3.12. The van der Waals surface area contributed by atoms with E-state index in [1.165, 1.54) is 0 Å². The van der Waals surface area contributed by atoms with Crippen LogP contribution in [0.1, 0.15) is 33.4 Å². The standard InChI is InChI=1S/C18H19N5O/c1-12-5-7-13(8-6-12)15(17-21-10-11-23(17)2)22-18(24)14-4-3-9-20-16(14)19/h3-11,15H,1-2H3,(H2,19,20)(H,22,24). The zero-order valence-electron chi connectivity index (χ0n) is 13.6. The van der Waals surface area contributed by atoms with Crippen LogP contribution in [0, 0.1) is 6.92 Å². The maximum absolute atomic E-state index is 12.7. The lowest BCUT2D eigenvalue weighted by atomic mass is 10.0. The molecule has 0 saturated heterocycles. The van der Waals surface area contributed by atoms with Crippen molar-refractivity contribution >= 4 is 11.7 Å². The number of nitrogens with one attached hydrogen (secondary N) is 1. The minimum atomic E-state index is -0.377. The van der Waals surface area contributed by atoms with Gasteiger partial charge in [0.2, 0.25) is 0 Å². The summed E-state index contributed by atoms with van der Waals surface area (Å²) in [7, 11) is 1.90. The molecule has 0 fully saturated rings. The van der Waals surface area contributed by atoms with E-state index in [4.69, 9.17) is 5.73 Å². The Bertz CT molecular complexity index is 854. The van der Waals surface area contributed by atoms with E-state index in [1.807, 2.05) is 49.0 Å². The van der Waals surface area contributed by atoms with Gasteiger partial charge >= 0.3 is 0 Å². The van der Waals surface area contributed by atoms with Gasteiger partial charge in [-0.1, -0.05) is 29.8 Å². The van der Waals surface area contributed by atoms with Gasteiger partial charge in [0, 0.05) is 25.6 Å². The van der Waals surface area contributed by atoms with Crippen molar-refractivity contribution in [2.45, 2.75) is 13.0 Å². The van der Waals surface area contributed by atoms with E-state index >= 15 is 0 Å². The number of aromatic nitrogens is 3. The second kappa shape index (κ2) is 6.54. The summed E-state index contributed by atoms with van der Waals surface area (Å²) in [6.45, 7) is 2.02. The SMILES string of the molecule is Cc1ccc(C(NC(=O)c2cccnc2N)c2nccn2C)cc1. The molecule has 6 nitrogen and oxygen atoms in total. The molecule has 3 N–H and O–H groups in total. The van der Waals surface area contributed by atoms with Gasteiger partial charge in [-0.2, -0.15) is 0 Å². The van der Waals surface area contributed by atoms with Crippen LogP contribution < -0.4 is 11.1 Å². The van der Waals surface area contributed by atoms with Gasteiger partial charge < -0.3 is 15.6 Å². The molecule has 0 radical (unpaired) electrons. The molecule has 6 heteroatoms. The van der Waals surface area contributed by atoms with Gasteiger partial charge in [0.1, 0.15) is 17.7 Å². The second-order valence-electron chi connectivity index (χ2n) is 5.65. The molecule has 3 rings (SSSR count). The molecule has 0 aliphatic rings. The van der Waals surface area contributed by atoms with E-state index in [9.17, 15) is 4.79 Å². The molecule has 1 aromatic carbocycles. The molecular weight excluding hydrogens is 302 g/mol. The maximum Gasteiger partial charge on any atom is 0.255 e. The first-order valence-electron chi connectivity index (χ1n) is 7.61. The molecule has 0 aliphatic carbocycles. The van der Waals surface area contributed by atoms with Gasteiger partial charge in [0.15, 0.2) is 0 Å². The quantitative estimate of drug-likeness (QED) is 0.771. The Morgan fingerprint density at radius 3 is 2.54 bits per heavy atom. The first-order chi connectivity index (χ1) is 11.6. The molecule has 24 heavy (non-hydrogen) atoms. The lowest BCUT2D eigenvalue weighted by molar-refractivity contribution is 0.0942. The first-order valence-corrected chi connectivity index (χ1v) is 7.61.